The van der Waals surface area contributed by atoms with Gasteiger partial charge in [0.15, 0.2) is 5.82 Å². The molecule has 0 N–H and O–H groups in total. The van der Waals surface area contributed by atoms with Gasteiger partial charge < -0.3 is 4.74 Å². The van der Waals surface area contributed by atoms with Gasteiger partial charge in [-0.1, -0.05) is 0 Å². The molecule has 0 unspecified atom stereocenters. The maximum Gasteiger partial charge on any atom is 0.416 e. The average Bonchev–Trinajstić information content (AvgIpc) is 3.08. The van der Waals surface area contributed by atoms with Crippen LogP contribution in [0.3, 0.4) is 0 Å². The van der Waals surface area contributed by atoms with Crippen molar-refractivity contribution in [3.63, 3.8) is 0 Å². The van der Waals surface area contributed by atoms with Crippen LogP contribution in [0, 0.1) is 6.92 Å². The molecule has 0 saturated heterocycles. The summed E-state index contributed by atoms with van der Waals surface area (Å²) < 4.78 is 45.3. The highest BCUT2D eigenvalue weighted by molar-refractivity contribution is 5.61. The fraction of sp³-hybridized carbons (Fsp3) is 0.188. The lowest BCUT2D eigenvalue weighted by molar-refractivity contribution is -0.137. The van der Waals surface area contributed by atoms with E-state index in [1.54, 1.807) is 19.2 Å². The molecule has 26 heavy (non-hydrogen) atoms. The van der Waals surface area contributed by atoms with Gasteiger partial charge in [0.2, 0.25) is 0 Å². The fourth-order valence-electron chi connectivity index (χ4n) is 2.13. The molecule has 0 saturated carbocycles. The molecular weight excluding hydrogens is 349 g/mol. The third-order valence-corrected chi connectivity index (χ3v) is 3.32. The number of aromatic nitrogens is 6. The number of nitrogens with zero attached hydrogens (tertiary/aromatic N) is 6. The minimum Gasteiger partial charge on any atom is -0.497 e. The Hall–Kier alpha value is -3.30. The topological polar surface area (TPSA) is 78.6 Å². The smallest absolute Gasteiger partial charge is 0.416 e. The normalized spacial score (nSPS) is 11.9. The Bertz CT molecular complexity index is 951. The SMILES string of the molecule is COc1cc(-c2ncn(C=Cc3cnnc(C)n3)n2)cc(C(F)(F)F)c1. The average molecular weight is 362 g/mol. The summed E-state index contributed by atoms with van der Waals surface area (Å²) >= 11 is 0. The van der Waals surface area contributed by atoms with E-state index in [0.717, 1.165) is 12.1 Å². The van der Waals surface area contributed by atoms with Crippen molar-refractivity contribution in [3.05, 3.63) is 47.8 Å². The maximum atomic E-state index is 13.0. The number of hydrogen-bond acceptors (Lipinski definition) is 6. The Morgan fingerprint density at radius 3 is 2.69 bits per heavy atom. The van der Waals surface area contributed by atoms with Gasteiger partial charge in [-0.25, -0.2) is 14.6 Å². The highest BCUT2D eigenvalue weighted by atomic mass is 19.4. The van der Waals surface area contributed by atoms with Crippen LogP contribution in [0.4, 0.5) is 13.2 Å². The molecule has 0 amide bonds. The van der Waals surface area contributed by atoms with Crippen molar-refractivity contribution >= 4 is 12.3 Å². The van der Waals surface area contributed by atoms with Gasteiger partial charge in [0.25, 0.3) is 0 Å². The molecule has 7 nitrogen and oxygen atoms in total. The Morgan fingerprint density at radius 1 is 1.19 bits per heavy atom. The van der Waals surface area contributed by atoms with Crippen LogP contribution >= 0.6 is 0 Å². The Labute approximate surface area is 146 Å². The van der Waals surface area contributed by atoms with E-state index in [2.05, 4.69) is 25.3 Å². The first-order valence-electron chi connectivity index (χ1n) is 7.37. The predicted molar refractivity (Wildman–Crippen MR) is 86.8 cm³/mol. The van der Waals surface area contributed by atoms with Crippen LogP contribution in [0.2, 0.25) is 0 Å². The van der Waals surface area contributed by atoms with E-state index in [1.807, 2.05) is 0 Å². The lowest BCUT2D eigenvalue weighted by Crippen LogP contribution is -2.05. The first-order valence-corrected chi connectivity index (χ1v) is 7.37. The Morgan fingerprint density at radius 2 is 2.00 bits per heavy atom. The van der Waals surface area contributed by atoms with E-state index in [9.17, 15) is 13.2 Å². The summed E-state index contributed by atoms with van der Waals surface area (Å²) in [5.41, 5.74) is -0.0695. The van der Waals surface area contributed by atoms with E-state index < -0.39 is 11.7 Å². The van der Waals surface area contributed by atoms with Crippen LogP contribution in [0.5, 0.6) is 5.75 Å². The van der Waals surface area contributed by atoms with E-state index in [-0.39, 0.29) is 17.1 Å². The standard InChI is InChI=1S/C16H13F3N6O/c1-10-22-13(8-21-23-10)3-4-25-9-20-15(24-25)11-5-12(16(17,18)19)7-14(6-11)26-2/h3-9H,1-2H3. The quantitative estimate of drug-likeness (QED) is 0.710. The number of halogens is 3. The molecule has 0 radical (unpaired) electrons. The largest absolute Gasteiger partial charge is 0.497 e. The van der Waals surface area contributed by atoms with E-state index in [4.69, 9.17) is 4.74 Å². The van der Waals surface area contributed by atoms with Crippen LogP contribution in [0.1, 0.15) is 17.1 Å². The number of ether oxygens (including phenoxy) is 1. The molecule has 0 aliphatic rings. The van der Waals surface area contributed by atoms with Crippen LogP contribution < -0.4 is 4.74 Å². The molecular formula is C16H13F3N6O. The molecule has 2 aromatic heterocycles. The summed E-state index contributed by atoms with van der Waals surface area (Å²) in [7, 11) is 1.30. The number of rotatable bonds is 4. The molecule has 3 aromatic rings. The molecule has 0 spiro atoms. The van der Waals surface area contributed by atoms with E-state index in [0.29, 0.717) is 11.5 Å². The molecule has 2 heterocycles. The third-order valence-electron chi connectivity index (χ3n) is 3.32. The first kappa shape index (κ1) is 17.5. The predicted octanol–water partition coefficient (Wildman–Crippen LogP) is 3.09. The molecule has 10 heteroatoms. The lowest BCUT2D eigenvalue weighted by atomic mass is 10.1. The van der Waals surface area contributed by atoms with Crippen LogP contribution in [-0.4, -0.2) is 37.1 Å². The van der Waals surface area contributed by atoms with Gasteiger partial charge in [0.05, 0.1) is 24.6 Å². The van der Waals surface area contributed by atoms with Crippen molar-refractivity contribution < 1.29 is 17.9 Å². The molecule has 0 atom stereocenters. The zero-order chi connectivity index (χ0) is 18.7. The number of methoxy groups -OCH3 is 1. The van der Waals surface area contributed by atoms with Crippen molar-refractivity contribution in [2.45, 2.75) is 13.1 Å². The second kappa shape index (κ2) is 6.90. The highest BCUT2D eigenvalue weighted by Gasteiger charge is 2.31. The summed E-state index contributed by atoms with van der Waals surface area (Å²) in [6.45, 7) is 1.71. The zero-order valence-corrected chi connectivity index (χ0v) is 13.8. The lowest BCUT2D eigenvalue weighted by Gasteiger charge is -2.10. The van der Waals surface area contributed by atoms with Gasteiger partial charge in [-0.05, 0) is 31.2 Å². The number of benzene rings is 1. The Kier molecular flexibility index (Phi) is 4.65. The highest BCUT2D eigenvalue weighted by Crippen LogP contribution is 2.34. The molecule has 0 fully saturated rings. The molecule has 0 bridgehead atoms. The van der Waals surface area contributed by atoms with Crippen LogP contribution in [0.25, 0.3) is 23.7 Å². The number of alkyl halides is 3. The van der Waals surface area contributed by atoms with E-state index >= 15 is 0 Å². The van der Waals surface area contributed by atoms with Crippen molar-refractivity contribution in [1.29, 1.82) is 0 Å². The van der Waals surface area contributed by atoms with Gasteiger partial charge in [-0.2, -0.15) is 18.3 Å². The number of aryl methyl sites for hydroxylation is 1. The third kappa shape index (κ3) is 4.02. The van der Waals surface area contributed by atoms with Crippen molar-refractivity contribution in [1.82, 2.24) is 29.9 Å². The van der Waals surface area contributed by atoms with Gasteiger partial charge in [0, 0.05) is 11.8 Å². The van der Waals surface area contributed by atoms with Crippen molar-refractivity contribution in [3.8, 4) is 17.1 Å². The summed E-state index contributed by atoms with van der Waals surface area (Å²) in [5.74, 6) is 0.725. The van der Waals surface area contributed by atoms with Crippen LogP contribution in [0.15, 0.2) is 30.7 Å². The van der Waals surface area contributed by atoms with Crippen LogP contribution in [-0.2, 0) is 6.18 Å². The summed E-state index contributed by atoms with van der Waals surface area (Å²) in [6.07, 6.45) is 1.54. The summed E-state index contributed by atoms with van der Waals surface area (Å²) in [4.78, 5) is 8.20. The molecule has 0 aliphatic carbocycles. The molecule has 1 aromatic carbocycles. The van der Waals surface area contributed by atoms with Crippen molar-refractivity contribution in [2.24, 2.45) is 0 Å². The summed E-state index contributed by atoms with van der Waals surface area (Å²) in [5, 5.41) is 11.7. The second-order valence-electron chi connectivity index (χ2n) is 5.24. The number of hydrogen-bond donors (Lipinski definition) is 0. The summed E-state index contributed by atoms with van der Waals surface area (Å²) in [6, 6.07) is 3.34. The van der Waals surface area contributed by atoms with Crippen molar-refractivity contribution in [2.75, 3.05) is 7.11 Å². The Balaban J connectivity index is 1.90. The van der Waals surface area contributed by atoms with Gasteiger partial charge in [0.1, 0.15) is 17.9 Å². The van der Waals surface area contributed by atoms with Gasteiger partial charge >= 0.3 is 6.18 Å². The fourth-order valence-corrected chi connectivity index (χ4v) is 2.13. The molecule has 0 aliphatic heterocycles. The minimum atomic E-state index is -4.50. The minimum absolute atomic E-state index is 0.0734. The van der Waals surface area contributed by atoms with Gasteiger partial charge in [-0.15, -0.1) is 10.2 Å². The molecule has 134 valence electrons. The first-order chi connectivity index (χ1) is 12.3. The van der Waals surface area contributed by atoms with Gasteiger partial charge in [-0.3, -0.25) is 0 Å². The zero-order valence-electron chi connectivity index (χ0n) is 13.8. The monoisotopic (exact) mass is 362 g/mol. The second-order valence-corrected chi connectivity index (χ2v) is 5.24. The maximum absolute atomic E-state index is 13.0. The molecule has 3 rings (SSSR count). The van der Waals surface area contributed by atoms with E-state index in [1.165, 1.54) is 30.4 Å².